The van der Waals surface area contributed by atoms with Gasteiger partial charge in [0, 0.05) is 19.5 Å². The summed E-state index contributed by atoms with van der Waals surface area (Å²) in [6.45, 7) is 4.33. The van der Waals surface area contributed by atoms with Gasteiger partial charge in [0.25, 0.3) is 5.91 Å². The van der Waals surface area contributed by atoms with E-state index in [1.807, 2.05) is 18.9 Å². The van der Waals surface area contributed by atoms with Crippen LogP contribution < -0.4 is 5.32 Å². The molecule has 0 radical (unpaired) electrons. The van der Waals surface area contributed by atoms with Crippen LogP contribution in [0.5, 0.6) is 0 Å². The van der Waals surface area contributed by atoms with Crippen molar-refractivity contribution >= 4 is 41.5 Å². The first-order valence-corrected chi connectivity index (χ1v) is 9.65. The summed E-state index contributed by atoms with van der Waals surface area (Å²) in [6, 6.07) is 5.27. The fraction of sp³-hybridized carbons (Fsp3) is 0.500. The number of hydrogen-bond donors (Lipinski definition) is 1. The Bertz CT molecular complexity index is 773. The standard InChI is InChI=1S/C18H23Cl2N5O.ClH/c1-3-15-22-17(18(26)24-9-5-6-12(11-24)10-21-2)23-25(15)16-13(19)7-4-8-14(16)20;/h4,7-8,12,21H,3,5-6,9-11H2,1-2H3;1H. The van der Waals surface area contributed by atoms with Gasteiger partial charge in [0.05, 0.1) is 10.0 Å². The Balaban J connectivity index is 0.00000261. The van der Waals surface area contributed by atoms with Gasteiger partial charge in [-0.25, -0.2) is 9.67 Å². The lowest BCUT2D eigenvalue weighted by Gasteiger charge is -2.31. The third-order valence-electron chi connectivity index (χ3n) is 4.63. The molecule has 9 heteroatoms. The minimum Gasteiger partial charge on any atom is -0.336 e. The van der Waals surface area contributed by atoms with Gasteiger partial charge in [-0.3, -0.25) is 4.79 Å². The molecule has 0 aliphatic carbocycles. The molecule has 1 N–H and O–H groups in total. The van der Waals surface area contributed by atoms with Gasteiger partial charge in [0.2, 0.25) is 5.82 Å². The molecule has 27 heavy (non-hydrogen) atoms. The Kier molecular flexibility index (Phi) is 7.91. The average Bonchev–Trinajstić information content (AvgIpc) is 3.05. The van der Waals surface area contributed by atoms with E-state index in [0.717, 1.165) is 32.5 Å². The van der Waals surface area contributed by atoms with Gasteiger partial charge in [0.15, 0.2) is 0 Å². The lowest BCUT2D eigenvalue weighted by molar-refractivity contribution is 0.0662. The number of aromatic nitrogens is 3. The van der Waals surface area contributed by atoms with Crippen LogP contribution >= 0.6 is 35.6 Å². The number of halogens is 3. The molecule has 1 aliphatic rings. The van der Waals surface area contributed by atoms with Crippen molar-refractivity contribution in [1.29, 1.82) is 0 Å². The Morgan fingerprint density at radius 3 is 2.67 bits per heavy atom. The van der Waals surface area contributed by atoms with Crippen LogP contribution in [0.15, 0.2) is 18.2 Å². The molecule has 1 amide bonds. The molecule has 0 bridgehead atoms. The zero-order chi connectivity index (χ0) is 18.7. The van der Waals surface area contributed by atoms with Crippen molar-refractivity contribution < 1.29 is 4.79 Å². The highest BCUT2D eigenvalue weighted by molar-refractivity contribution is 6.37. The predicted octanol–water partition coefficient (Wildman–Crippen LogP) is 3.63. The van der Waals surface area contributed by atoms with Crippen LogP contribution in [0.2, 0.25) is 10.0 Å². The first kappa shape index (κ1) is 22.0. The second-order valence-electron chi connectivity index (χ2n) is 6.50. The number of nitrogens with one attached hydrogen (secondary N) is 1. The zero-order valence-corrected chi connectivity index (χ0v) is 17.7. The van der Waals surface area contributed by atoms with Crippen molar-refractivity contribution in [1.82, 2.24) is 25.0 Å². The number of amides is 1. The van der Waals surface area contributed by atoms with Crippen molar-refractivity contribution in [3.63, 3.8) is 0 Å². The Morgan fingerprint density at radius 1 is 1.33 bits per heavy atom. The minimum absolute atomic E-state index is 0. The van der Waals surface area contributed by atoms with E-state index in [-0.39, 0.29) is 24.1 Å². The molecule has 1 saturated heterocycles. The zero-order valence-electron chi connectivity index (χ0n) is 15.4. The quantitative estimate of drug-likeness (QED) is 0.783. The van der Waals surface area contributed by atoms with Gasteiger partial charge in [0.1, 0.15) is 11.5 Å². The van der Waals surface area contributed by atoms with Crippen molar-refractivity contribution in [2.75, 3.05) is 26.7 Å². The largest absolute Gasteiger partial charge is 0.336 e. The molecule has 148 valence electrons. The molecule has 0 saturated carbocycles. The molecule has 1 aliphatic heterocycles. The molecule has 0 spiro atoms. The Hall–Kier alpha value is -1.34. The number of piperidine rings is 1. The van der Waals surface area contributed by atoms with Crippen LogP contribution in [0.1, 0.15) is 36.2 Å². The highest BCUT2D eigenvalue weighted by Crippen LogP contribution is 2.29. The summed E-state index contributed by atoms with van der Waals surface area (Å²) in [4.78, 5) is 19.2. The average molecular weight is 433 g/mol. The summed E-state index contributed by atoms with van der Waals surface area (Å²) >= 11 is 12.6. The lowest BCUT2D eigenvalue weighted by atomic mass is 9.98. The van der Waals surface area contributed by atoms with Gasteiger partial charge in [-0.2, -0.15) is 0 Å². The van der Waals surface area contributed by atoms with E-state index >= 15 is 0 Å². The van der Waals surface area contributed by atoms with Crippen LogP contribution in [-0.4, -0.2) is 52.3 Å². The first-order valence-electron chi connectivity index (χ1n) is 8.89. The number of aryl methyl sites for hydroxylation is 1. The van der Waals surface area contributed by atoms with E-state index < -0.39 is 0 Å². The van der Waals surface area contributed by atoms with E-state index in [9.17, 15) is 4.79 Å². The Labute approximate surface area is 175 Å². The van der Waals surface area contributed by atoms with Crippen LogP contribution in [0.3, 0.4) is 0 Å². The van der Waals surface area contributed by atoms with E-state index in [1.54, 1.807) is 22.9 Å². The van der Waals surface area contributed by atoms with Gasteiger partial charge >= 0.3 is 0 Å². The molecule has 2 heterocycles. The van der Waals surface area contributed by atoms with Gasteiger partial charge in [-0.1, -0.05) is 36.2 Å². The molecule has 1 aromatic carbocycles. The summed E-state index contributed by atoms with van der Waals surface area (Å²) in [7, 11) is 1.94. The van der Waals surface area contributed by atoms with Crippen LogP contribution in [-0.2, 0) is 6.42 Å². The van der Waals surface area contributed by atoms with Crippen molar-refractivity contribution in [2.45, 2.75) is 26.2 Å². The molecule has 1 fully saturated rings. The number of carbonyl (C=O) groups excluding carboxylic acids is 1. The van der Waals surface area contributed by atoms with Gasteiger partial charge in [-0.15, -0.1) is 17.5 Å². The molecule has 2 aromatic rings. The summed E-state index contributed by atoms with van der Waals surface area (Å²) in [6.07, 6.45) is 2.74. The molecular weight excluding hydrogens is 409 g/mol. The fourth-order valence-electron chi connectivity index (χ4n) is 3.38. The summed E-state index contributed by atoms with van der Waals surface area (Å²) < 4.78 is 1.59. The Morgan fingerprint density at radius 2 is 2.04 bits per heavy atom. The monoisotopic (exact) mass is 431 g/mol. The third-order valence-corrected chi connectivity index (χ3v) is 5.24. The van der Waals surface area contributed by atoms with E-state index in [4.69, 9.17) is 23.2 Å². The molecule has 3 rings (SSSR count). The van der Waals surface area contributed by atoms with Gasteiger partial charge in [-0.05, 0) is 44.5 Å². The number of likely N-dealkylation sites (tertiary alicyclic amines) is 1. The van der Waals surface area contributed by atoms with Gasteiger partial charge < -0.3 is 10.2 Å². The number of para-hydroxylation sites is 1. The normalized spacial score (nSPS) is 16.9. The number of benzene rings is 1. The lowest BCUT2D eigenvalue weighted by Crippen LogP contribution is -2.42. The van der Waals surface area contributed by atoms with Crippen LogP contribution in [0, 0.1) is 5.92 Å². The molecule has 1 aromatic heterocycles. The van der Waals surface area contributed by atoms with E-state index in [1.165, 1.54) is 0 Å². The maximum atomic E-state index is 12.9. The molecule has 1 unspecified atom stereocenters. The highest BCUT2D eigenvalue weighted by Gasteiger charge is 2.28. The van der Waals surface area contributed by atoms with Crippen molar-refractivity contribution in [2.24, 2.45) is 5.92 Å². The second kappa shape index (κ2) is 9.73. The number of rotatable bonds is 5. The number of nitrogens with zero attached hydrogens (tertiary/aromatic N) is 4. The van der Waals surface area contributed by atoms with Crippen LogP contribution in [0.25, 0.3) is 5.69 Å². The summed E-state index contributed by atoms with van der Waals surface area (Å²) in [5.74, 6) is 1.18. The molecular formula is C18H24Cl3N5O. The number of hydrogen-bond acceptors (Lipinski definition) is 4. The van der Waals surface area contributed by atoms with Crippen LogP contribution in [0.4, 0.5) is 0 Å². The predicted molar refractivity (Wildman–Crippen MR) is 111 cm³/mol. The molecule has 6 nitrogen and oxygen atoms in total. The van der Waals surface area contributed by atoms with E-state index in [2.05, 4.69) is 15.4 Å². The fourth-order valence-corrected chi connectivity index (χ4v) is 3.94. The first-order chi connectivity index (χ1) is 12.5. The maximum Gasteiger partial charge on any atom is 0.293 e. The molecule has 1 atom stereocenters. The second-order valence-corrected chi connectivity index (χ2v) is 7.32. The topological polar surface area (TPSA) is 63.1 Å². The number of carbonyl (C=O) groups is 1. The van der Waals surface area contributed by atoms with Crippen molar-refractivity contribution in [3.05, 3.63) is 39.9 Å². The third kappa shape index (κ3) is 4.74. The van der Waals surface area contributed by atoms with E-state index in [0.29, 0.717) is 33.9 Å². The minimum atomic E-state index is -0.137. The summed E-state index contributed by atoms with van der Waals surface area (Å²) in [5, 5.41) is 8.59. The van der Waals surface area contributed by atoms with Crippen molar-refractivity contribution in [3.8, 4) is 5.69 Å². The smallest absolute Gasteiger partial charge is 0.293 e. The maximum absolute atomic E-state index is 12.9. The SMILES string of the molecule is CCc1nc(C(=O)N2CCCC(CNC)C2)nn1-c1c(Cl)cccc1Cl.Cl. The highest BCUT2D eigenvalue weighted by atomic mass is 35.5. The summed E-state index contributed by atoms with van der Waals surface area (Å²) in [5.41, 5.74) is 0.561.